The molecule has 0 spiro atoms. The summed E-state index contributed by atoms with van der Waals surface area (Å²) in [5.74, 6) is 0.119. The Balaban J connectivity index is 1.98. The van der Waals surface area contributed by atoms with Crippen molar-refractivity contribution in [3.05, 3.63) is 29.8 Å². The Morgan fingerprint density at radius 3 is 2.36 bits per heavy atom. The van der Waals surface area contributed by atoms with Gasteiger partial charge in [-0.25, -0.2) is 9.00 Å². The second kappa shape index (κ2) is 6.48. The topological polar surface area (TPSA) is 78.8 Å². The van der Waals surface area contributed by atoms with Crippen LogP contribution in [0.2, 0.25) is 0 Å². The number of amides is 3. The first-order valence-corrected chi connectivity index (χ1v) is 9.41. The number of nitrogens with one attached hydrogen (secondary N) is 1. The molecular formula is C15H21N3O3S. The second-order valence-corrected chi connectivity index (χ2v) is 8.45. The molecule has 0 bridgehead atoms. The lowest BCUT2D eigenvalue weighted by atomic mass is 10.2. The van der Waals surface area contributed by atoms with Crippen LogP contribution in [0, 0.1) is 5.92 Å². The highest BCUT2D eigenvalue weighted by atomic mass is 32.2. The van der Waals surface area contributed by atoms with Gasteiger partial charge < -0.3 is 10.2 Å². The summed E-state index contributed by atoms with van der Waals surface area (Å²) in [6.45, 7) is 0.767. The number of rotatable bonds is 4. The molecule has 0 atom stereocenters. The lowest BCUT2D eigenvalue weighted by Gasteiger charge is -2.17. The maximum absolute atomic E-state index is 12.0. The monoisotopic (exact) mass is 323 g/mol. The Kier molecular flexibility index (Phi) is 4.85. The summed E-state index contributed by atoms with van der Waals surface area (Å²) in [7, 11) is -0.701. The van der Waals surface area contributed by atoms with E-state index in [-0.39, 0.29) is 6.03 Å². The molecule has 1 aromatic carbocycles. The van der Waals surface area contributed by atoms with E-state index in [0.29, 0.717) is 17.2 Å². The van der Waals surface area contributed by atoms with E-state index in [1.807, 2.05) is 0 Å². The van der Waals surface area contributed by atoms with Crippen LogP contribution in [0.25, 0.3) is 0 Å². The van der Waals surface area contributed by atoms with Gasteiger partial charge in [0.15, 0.2) is 0 Å². The SMILES string of the molecule is CN(CC1CC1)C(=O)Nc1ccc(C(=O)N=S(C)(C)=O)cc1. The number of benzene rings is 1. The molecule has 1 fully saturated rings. The van der Waals surface area contributed by atoms with Crippen molar-refractivity contribution in [1.29, 1.82) is 0 Å². The van der Waals surface area contributed by atoms with Crippen LogP contribution in [0.15, 0.2) is 28.6 Å². The van der Waals surface area contributed by atoms with Crippen molar-refractivity contribution in [2.24, 2.45) is 10.3 Å². The maximum atomic E-state index is 12.0. The Labute approximate surface area is 131 Å². The maximum Gasteiger partial charge on any atom is 0.321 e. The van der Waals surface area contributed by atoms with Crippen LogP contribution in [-0.2, 0) is 9.73 Å². The summed E-state index contributed by atoms with van der Waals surface area (Å²) in [4.78, 5) is 25.4. The quantitative estimate of drug-likeness (QED) is 0.924. The van der Waals surface area contributed by atoms with Crippen LogP contribution in [-0.4, -0.2) is 47.2 Å². The van der Waals surface area contributed by atoms with Crippen molar-refractivity contribution in [2.75, 3.05) is 31.4 Å². The Morgan fingerprint density at radius 1 is 1.27 bits per heavy atom. The van der Waals surface area contributed by atoms with Gasteiger partial charge in [-0.2, -0.15) is 4.36 Å². The van der Waals surface area contributed by atoms with Crippen molar-refractivity contribution in [2.45, 2.75) is 12.8 Å². The summed E-state index contributed by atoms with van der Waals surface area (Å²) in [5.41, 5.74) is 0.957. The van der Waals surface area contributed by atoms with Crippen LogP contribution in [0.3, 0.4) is 0 Å². The Morgan fingerprint density at radius 2 is 1.86 bits per heavy atom. The molecule has 0 radical (unpaired) electrons. The molecule has 0 heterocycles. The summed E-state index contributed by atoms with van der Waals surface area (Å²) in [6, 6.07) is 6.24. The molecule has 1 aromatic rings. The summed E-state index contributed by atoms with van der Waals surface area (Å²) < 4.78 is 15.1. The number of urea groups is 1. The minimum absolute atomic E-state index is 0.166. The Hall–Kier alpha value is -1.89. The number of carbonyl (C=O) groups is 2. The average Bonchev–Trinajstić information content (AvgIpc) is 3.21. The van der Waals surface area contributed by atoms with E-state index in [0.717, 1.165) is 6.54 Å². The molecule has 1 aliphatic rings. The highest BCUT2D eigenvalue weighted by molar-refractivity contribution is 7.92. The van der Waals surface area contributed by atoms with Gasteiger partial charge in [-0.15, -0.1) is 0 Å². The van der Waals surface area contributed by atoms with Crippen LogP contribution in [0.1, 0.15) is 23.2 Å². The number of carbonyl (C=O) groups excluding carboxylic acids is 2. The molecule has 0 aromatic heterocycles. The highest BCUT2D eigenvalue weighted by Gasteiger charge is 2.24. The van der Waals surface area contributed by atoms with Crippen LogP contribution in [0.5, 0.6) is 0 Å². The molecule has 0 aliphatic heterocycles. The standard InChI is InChI=1S/C15H21N3O3S/c1-18(10-11-4-5-11)15(20)16-13-8-6-12(7-9-13)14(19)17-22(2,3)21/h6-9,11H,4-5,10H2,1-3H3,(H,16,20). The Bertz CT molecular complexity index is 678. The number of hydrogen-bond acceptors (Lipinski definition) is 3. The van der Waals surface area contributed by atoms with E-state index in [1.165, 1.54) is 25.4 Å². The largest absolute Gasteiger partial charge is 0.327 e. The minimum atomic E-state index is -2.47. The first-order chi connectivity index (χ1) is 10.2. The molecule has 22 heavy (non-hydrogen) atoms. The van der Waals surface area contributed by atoms with Crippen LogP contribution >= 0.6 is 0 Å². The molecule has 1 saturated carbocycles. The van der Waals surface area contributed by atoms with E-state index in [9.17, 15) is 13.8 Å². The zero-order valence-corrected chi connectivity index (χ0v) is 13.9. The summed E-state index contributed by atoms with van der Waals surface area (Å²) >= 11 is 0. The number of hydrogen-bond donors (Lipinski definition) is 1. The molecular weight excluding hydrogens is 302 g/mol. The van der Waals surface area contributed by atoms with Crippen molar-refractivity contribution in [1.82, 2.24) is 4.90 Å². The third-order valence-electron chi connectivity index (χ3n) is 3.26. The van der Waals surface area contributed by atoms with Gasteiger partial charge >= 0.3 is 6.03 Å². The first kappa shape index (κ1) is 16.5. The van der Waals surface area contributed by atoms with Crippen molar-refractivity contribution < 1.29 is 13.8 Å². The third-order valence-corrected chi connectivity index (χ3v) is 3.87. The number of anilines is 1. The zero-order chi connectivity index (χ0) is 16.3. The first-order valence-electron chi connectivity index (χ1n) is 7.08. The van der Waals surface area contributed by atoms with Crippen molar-refractivity contribution in [3.63, 3.8) is 0 Å². The molecule has 1 aliphatic carbocycles. The van der Waals surface area contributed by atoms with Crippen molar-refractivity contribution in [3.8, 4) is 0 Å². The van der Waals surface area contributed by atoms with Gasteiger partial charge in [0.25, 0.3) is 5.91 Å². The molecule has 6 nitrogen and oxygen atoms in total. The lowest BCUT2D eigenvalue weighted by Crippen LogP contribution is -2.32. The smallest absolute Gasteiger partial charge is 0.321 e. The van der Waals surface area contributed by atoms with E-state index in [2.05, 4.69) is 9.68 Å². The van der Waals surface area contributed by atoms with E-state index < -0.39 is 15.6 Å². The fourth-order valence-electron chi connectivity index (χ4n) is 1.94. The van der Waals surface area contributed by atoms with E-state index >= 15 is 0 Å². The summed E-state index contributed by atoms with van der Waals surface area (Å²) in [6.07, 6.45) is 5.20. The van der Waals surface area contributed by atoms with Gasteiger partial charge in [-0.1, -0.05) is 0 Å². The van der Waals surface area contributed by atoms with Crippen molar-refractivity contribution >= 4 is 27.4 Å². The molecule has 7 heteroatoms. The fraction of sp³-hybridized carbons (Fsp3) is 0.467. The predicted octanol–water partition coefficient (Wildman–Crippen LogP) is 2.43. The van der Waals surface area contributed by atoms with Crippen LogP contribution in [0.4, 0.5) is 10.5 Å². The molecule has 3 amide bonds. The molecule has 1 N–H and O–H groups in total. The number of nitrogens with zero attached hydrogens (tertiary/aromatic N) is 2. The van der Waals surface area contributed by atoms with Gasteiger partial charge in [0.05, 0.1) is 0 Å². The van der Waals surface area contributed by atoms with Gasteiger partial charge in [0.1, 0.15) is 0 Å². The van der Waals surface area contributed by atoms with Crippen LogP contribution < -0.4 is 5.32 Å². The zero-order valence-electron chi connectivity index (χ0n) is 13.0. The van der Waals surface area contributed by atoms with Gasteiger partial charge in [-0.05, 0) is 43.0 Å². The van der Waals surface area contributed by atoms with Gasteiger partial charge in [-0.3, -0.25) is 4.79 Å². The van der Waals surface area contributed by atoms with Gasteiger partial charge in [0, 0.05) is 47.1 Å². The lowest BCUT2D eigenvalue weighted by molar-refractivity contribution is 0.100. The molecule has 0 unspecified atom stereocenters. The third kappa shape index (κ3) is 5.14. The average molecular weight is 323 g/mol. The molecule has 120 valence electrons. The van der Waals surface area contributed by atoms with Gasteiger partial charge in [0.2, 0.25) is 0 Å². The second-order valence-electron chi connectivity index (χ2n) is 5.91. The molecule has 0 saturated heterocycles. The fourth-order valence-corrected chi connectivity index (χ4v) is 2.44. The minimum Gasteiger partial charge on any atom is -0.327 e. The summed E-state index contributed by atoms with van der Waals surface area (Å²) in [5, 5.41) is 2.78. The normalized spacial score (nSPS) is 14.3. The highest BCUT2D eigenvalue weighted by Crippen LogP contribution is 2.29. The van der Waals surface area contributed by atoms with E-state index in [4.69, 9.17) is 0 Å². The molecule has 2 rings (SSSR count). The predicted molar refractivity (Wildman–Crippen MR) is 87.6 cm³/mol. The van der Waals surface area contributed by atoms with E-state index in [1.54, 1.807) is 36.2 Å².